The van der Waals surface area contributed by atoms with Gasteiger partial charge in [0.15, 0.2) is 5.13 Å². The van der Waals surface area contributed by atoms with Crippen molar-refractivity contribution in [2.75, 3.05) is 17.2 Å². The van der Waals surface area contributed by atoms with Crippen LogP contribution in [0.5, 0.6) is 0 Å². The number of hydrogen-bond acceptors (Lipinski definition) is 6. The first-order valence-electron chi connectivity index (χ1n) is 8.01. The quantitative estimate of drug-likeness (QED) is 0.635. The van der Waals surface area contributed by atoms with Crippen LogP contribution in [0, 0.1) is 0 Å². The molecule has 132 valence electrons. The van der Waals surface area contributed by atoms with Crippen LogP contribution in [0.25, 0.3) is 0 Å². The number of anilines is 3. The van der Waals surface area contributed by atoms with E-state index in [9.17, 15) is 9.59 Å². The van der Waals surface area contributed by atoms with Crippen molar-refractivity contribution in [3.8, 4) is 0 Å². The average Bonchev–Trinajstić information content (AvgIpc) is 3.16. The van der Waals surface area contributed by atoms with Gasteiger partial charge in [-0.3, -0.25) is 4.79 Å². The van der Waals surface area contributed by atoms with Crippen LogP contribution in [0.2, 0.25) is 0 Å². The normalized spacial score (nSPS) is 10.2. The molecule has 0 aliphatic rings. The summed E-state index contributed by atoms with van der Waals surface area (Å²) in [6.45, 7) is 2.08. The Morgan fingerprint density at radius 3 is 2.58 bits per heavy atom. The van der Waals surface area contributed by atoms with E-state index in [0.29, 0.717) is 23.4 Å². The SMILES string of the molecule is CCOC(=O)c1ccc(NC(=O)c2cccc(Nc3nccs3)c2)cc1. The number of hydrogen-bond donors (Lipinski definition) is 2. The molecule has 2 aromatic carbocycles. The topological polar surface area (TPSA) is 80.3 Å². The first-order valence-corrected chi connectivity index (χ1v) is 8.89. The van der Waals surface area contributed by atoms with Gasteiger partial charge in [0.2, 0.25) is 0 Å². The Kier molecular flexibility index (Phi) is 5.60. The molecular formula is C19H17N3O3S. The van der Waals surface area contributed by atoms with Gasteiger partial charge in [-0.1, -0.05) is 6.07 Å². The molecule has 0 aliphatic heterocycles. The van der Waals surface area contributed by atoms with Crippen molar-refractivity contribution in [3.63, 3.8) is 0 Å². The molecule has 0 atom stereocenters. The van der Waals surface area contributed by atoms with Gasteiger partial charge in [0.05, 0.1) is 12.2 Å². The maximum Gasteiger partial charge on any atom is 0.338 e. The van der Waals surface area contributed by atoms with Crippen LogP contribution >= 0.6 is 11.3 Å². The number of ether oxygens (including phenoxy) is 1. The Bertz CT molecular complexity index is 893. The van der Waals surface area contributed by atoms with Crippen LogP contribution in [0.3, 0.4) is 0 Å². The molecule has 0 bridgehead atoms. The Labute approximate surface area is 154 Å². The van der Waals surface area contributed by atoms with E-state index < -0.39 is 0 Å². The van der Waals surface area contributed by atoms with Gasteiger partial charge in [0, 0.05) is 28.5 Å². The molecule has 6 nitrogen and oxygen atoms in total. The minimum absolute atomic E-state index is 0.239. The molecule has 0 spiro atoms. The van der Waals surface area contributed by atoms with Crippen molar-refractivity contribution in [2.24, 2.45) is 0 Å². The fourth-order valence-electron chi connectivity index (χ4n) is 2.25. The lowest BCUT2D eigenvalue weighted by Crippen LogP contribution is -2.12. The summed E-state index contributed by atoms with van der Waals surface area (Å²) in [5.74, 6) is -0.622. The second-order valence-corrected chi connectivity index (χ2v) is 6.19. The Balaban J connectivity index is 1.67. The second-order valence-electron chi connectivity index (χ2n) is 5.30. The summed E-state index contributed by atoms with van der Waals surface area (Å²) in [7, 11) is 0. The number of benzene rings is 2. The van der Waals surface area contributed by atoms with Crippen molar-refractivity contribution in [1.82, 2.24) is 4.98 Å². The highest BCUT2D eigenvalue weighted by Gasteiger charge is 2.09. The number of aromatic nitrogens is 1. The lowest BCUT2D eigenvalue weighted by atomic mass is 10.1. The molecule has 0 aliphatic carbocycles. The van der Waals surface area contributed by atoms with Gasteiger partial charge in [-0.15, -0.1) is 11.3 Å². The Morgan fingerprint density at radius 2 is 1.88 bits per heavy atom. The maximum absolute atomic E-state index is 12.4. The van der Waals surface area contributed by atoms with Crippen molar-refractivity contribution < 1.29 is 14.3 Å². The minimum Gasteiger partial charge on any atom is -0.462 e. The molecule has 2 N–H and O–H groups in total. The van der Waals surface area contributed by atoms with Gasteiger partial charge in [-0.2, -0.15) is 0 Å². The zero-order valence-corrected chi connectivity index (χ0v) is 14.9. The number of rotatable bonds is 6. The van der Waals surface area contributed by atoms with Crippen molar-refractivity contribution >= 4 is 39.7 Å². The molecule has 26 heavy (non-hydrogen) atoms. The predicted octanol–water partition coefficient (Wildman–Crippen LogP) is 4.32. The number of nitrogens with one attached hydrogen (secondary N) is 2. The lowest BCUT2D eigenvalue weighted by Gasteiger charge is -2.08. The molecule has 3 rings (SSSR count). The number of nitrogens with zero attached hydrogens (tertiary/aromatic N) is 1. The summed E-state index contributed by atoms with van der Waals surface area (Å²) in [6, 6.07) is 13.7. The van der Waals surface area contributed by atoms with Crippen LogP contribution in [-0.2, 0) is 4.74 Å². The molecule has 0 fully saturated rings. The summed E-state index contributed by atoms with van der Waals surface area (Å²) in [5.41, 5.74) is 2.34. The van der Waals surface area contributed by atoms with E-state index in [-0.39, 0.29) is 11.9 Å². The molecule has 0 unspecified atom stereocenters. The van der Waals surface area contributed by atoms with E-state index in [0.717, 1.165) is 10.8 Å². The molecule has 7 heteroatoms. The van der Waals surface area contributed by atoms with Crippen LogP contribution in [0.1, 0.15) is 27.6 Å². The molecule has 3 aromatic rings. The number of carbonyl (C=O) groups is 2. The van der Waals surface area contributed by atoms with Crippen LogP contribution < -0.4 is 10.6 Å². The second kappa shape index (κ2) is 8.26. The van der Waals surface area contributed by atoms with Gasteiger partial charge < -0.3 is 15.4 Å². The molecule has 0 saturated heterocycles. The highest BCUT2D eigenvalue weighted by molar-refractivity contribution is 7.13. The fourth-order valence-corrected chi connectivity index (χ4v) is 2.80. The molecule has 1 heterocycles. The van der Waals surface area contributed by atoms with Crippen molar-refractivity contribution in [3.05, 3.63) is 71.2 Å². The summed E-state index contributed by atoms with van der Waals surface area (Å²) < 4.78 is 4.94. The Hall–Kier alpha value is -3.19. The van der Waals surface area contributed by atoms with Gasteiger partial charge in [-0.05, 0) is 49.4 Å². The lowest BCUT2D eigenvalue weighted by molar-refractivity contribution is 0.0526. The number of thiazole rings is 1. The summed E-state index contributed by atoms with van der Waals surface area (Å²) >= 11 is 1.48. The Morgan fingerprint density at radius 1 is 1.08 bits per heavy atom. The first-order chi connectivity index (χ1) is 12.7. The van der Waals surface area contributed by atoms with E-state index >= 15 is 0 Å². The third kappa shape index (κ3) is 4.46. The predicted molar refractivity (Wildman–Crippen MR) is 102 cm³/mol. The van der Waals surface area contributed by atoms with Gasteiger partial charge >= 0.3 is 5.97 Å². The van der Waals surface area contributed by atoms with Crippen LogP contribution in [-0.4, -0.2) is 23.5 Å². The third-order valence-electron chi connectivity index (χ3n) is 3.46. The van der Waals surface area contributed by atoms with E-state index in [1.54, 1.807) is 55.6 Å². The molecule has 0 radical (unpaired) electrons. The highest BCUT2D eigenvalue weighted by Crippen LogP contribution is 2.20. The molecule has 1 amide bonds. The minimum atomic E-state index is -0.383. The number of esters is 1. The maximum atomic E-state index is 12.4. The highest BCUT2D eigenvalue weighted by atomic mass is 32.1. The van der Waals surface area contributed by atoms with Gasteiger partial charge in [0.25, 0.3) is 5.91 Å². The standard InChI is InChI=1S/C19H17N3O3S/c1-2-25-18(24)13-6-8-15(9-7-13)21-17(23)14-4-3-5-16(12-14)22-19-20-10-11-26-19/h3-12H,2H2,1H3,(H,20,22)(H,21,23). The zero-order valence-electron chi connectivity index (χ0n) is 14.1. The average molecular weight is 367 g/mol. The van der Waals surface area contributed by atoms with E-state index in [4.69, 9.17) is 4.74 Å². The fraction of sp³-hybridized carbons (Fsp3) is 0.105. The molecule has 0 saturated carbocycles. The van der Waals surface area contributed by atoms with E-state index in [1.807, 2.05) is 11.4 Å². The van der Waals surface area contributed by atoms with Crippen molar-refractivity contribution in [1.29, 1.82) is 0 Å². The molecule has 1 aromatic heterocycles. The first kappa shape index (κ1) is 17.6. The third-order valence-corrected chi connectivity index (χ3v) is 4.15. The molecular weight excluding hydrogens is 350 g/mol. The van der Waals surface area contributed by atoms with E-state index in [2.05, 4.69) is 15.6 Å². The monoisotopic (exact) mass is 367 g/mol. The van der Waals surface area contributed by atoms with Crippen LogP contribution in [0.4, 0.5) is 16.5 Å². The summed E-state index contributed by atoms with van der Waals surface area (Å²) in [4.78, 5) is 28.3. The van der Waals surface area contributed by atoms with Gasteiger partial charge in [0.1, 0.15) is 0 Å². The van der Waals surface area contributed by atoms with Crippen LogP contribution in [0.15, 0.2) is 60.1 Å². The van der Waals surface area contributed by atoms with Gasteiger partial charge in [-0.25, -0.2) is 9.78 Å². The zero-order chi connectivity index (χ0) is 18.4. The largest absolute Gasteiger partial charge is 0.462 e. The summed E-state index contributed by atoms with van der Waals surface area (Å²) in [6.07, 6.45) is 1.71. The number of carbonyl (C=O) groups excluding carboxylic acids is 2. The van der Waals surface area contributed by atoms with E-state index in [1.165, 1.54) is 11.3 Å². The summed E-state index contributed by atoms with van der Waals surface area (Å²) in [5, 5.41) is 8.60. The van der Waals surface area contributed by atoms with Crippen molar-refractivity contribution in [2.45, 2.75) is 6.92 Å². The smallest absolute Gasteiger partial charge is 0.338 e. The number of amides is 1.